The van der Waals surface area contributed by atoms with E-state index in [-0.39, 0.29) is 17.2 Å². The van der Waals surface area contributed by atoms with Crippen molar-refractivity contribution in [1.82, 2.24) is 10.1 Å². The third-order valence-electron chi connectivity index (χ3n) is 5.59. The molecule has 182 valence electrons. The Morgan fingerprint density at radius 2 is 1.94 bits per heavy atom. The zero-order valence-corrected chi connectivity index (χ0v) is 20.8. The Balaban J connectivity index is 2.03. The summed E-state index contributed by atoms with van der Waals surface area (Å²) in [5.41, 5.74) is 1.57. The Labute approximate surface area is 207 Å². The van der Waals surface area contributed by atoms with Crippen LogP contribution in [0.25, 0.3) is 11.3 Å². The number of unbranched alkanes of at least 4 members (excludes halogenated alkanes) is 1. The first-order valence-electron chi connectivity index (χ1n) is 11.3. The predicted octanol–water partition coefficient (Wildman–Crippen LogP) is 3.46. The Morgan fingerprint density at radius 3 is 2.63 bits per heavy atom. The zero-order valence-electron chi connectivity index (χ0n) is 20.0. The van der Waals surface area contributed by atoms with Gasteiger partial charge in [0.2, 0.25) is 11.1 Å². The smallest absolute Gasteiger partial charge is 0.325 e. The van der Waals surface area contributed by atoms with E-state index in [0.717, 1.165) is 18.6 Å². The van der Waals surface area contributed by atoms with Crippen LogP contribution in [-0.2, 0) is 9.59 Å². The molecule has 3 aromatic rings. The van der Waals surface area contributed by atoms with Crippen LogP contribution < -0.4 is 24.6 Å². The van der Waals surface area contributed by atoms with Crippen molar-refractivity contribution < 1.29 is 23.7 Å². The summed E-state index contributed by atoms with van der Waals surface area (Å²) >= 11 is 1.44. The van der Waals surface area contributed by atoms with Gasteiger partial charge < -0.3 is 9.47 Å². The molecular formula is C25H27N4O5S+. The summed E-state index contributed by atoms with van der Waals surface area (Å²) in [6.07, 6.45) is 1.09. The fourth-order valence-electron chi connectivity index (χ4n) is 4.12. The maximum Gasteiger partial charge on any atom is 0.325 e. The summed E-state index contributed by atoms with van der Waals surface area (Å²) in [7, 11) is 1.47. The van der Waals surface area contributed by atoms with E-state index < -0.39 is 12.1 Å². The second-order valence-electron chi connectivity index (χ2n) is 8.01. The van der Waals surface area contributed by atoms with Gasteiger partial charge in [0.1, 0.15) is 0 Å². The van der Waals surface area contributed by atoms with Gasteiger partial charge in [0, 0.05) is 24.7 Å². The van der Waals surface area contributed by atoms with Crippen LogP contribution in [0.2, 0.25) is 0 Å². The minimum atomic E-state index is -0.894. The first-order chi connectivity index (χ1) is 16.9. The molecule has 0 fully saturated rings. The van der Waals surface area contributed by atoms with Crippen molar-refractivity contribution in [3.05, 3.63) is 58.4 Å². The largest absolute Gasteiger partial charge is 0.493 e. The standard InChI is InChI=1S/C25H26N4O5S/c1-5-6-14-35-25-26-23(32)21-17-10-7-8-12-19(17)28(15(2)30)24(29(21)27-25)18-11-9-13-20(33-4)22(18)34-16(3)31/h7-13,24H,5-6,14H2,1-4H3/p+1. The molecule has 0 saturated carbocycles. The number of hydrogen-bond acceptors (Lipinski definition) is 7. The molecule has 1 aliphatic heterocycles. The van der Waals surface area contributed by atoms with Crippen molar-refractivity contribution in [1.29, 1.82) is 0 Å². The lowest BCUT2D eigenvalue weighted by molar-refractivity contribution is -0.763. The number of esters is 1. The number of methoxy groups -OCH3 is 1. The second-order valence-corrected chi connectivity index (χ2v) is 9.09. The van der Waals surface area contributed by atoms with E-state index in [0.29, 0.717) is 33.4 Å². The number of rotatable bonds is 7. The van der Waals surface area contributed by atoms with Gasteiger partial charge in [-0.25, -0.2) is 4.90 Å². The number of thioether (sulfide) groups is 1. The molecule has 1 amide bonds. The summed E-state index contributed by atoms with van der Waals surface area (Å²) in [6.45, 7) is 4.84. The SMILES string of the molecule is CCCCSc1n[n+]2c(c(=O)[nH]1)-c1ccccc1N(C(C)=O)C2c1cccc(OC)c1OC(C)=O. The van der Waals surface area contributed by atoms with Gasteiger partial charge in [0.15, 0.2) is 11.5 Å². The molecule has 4 rings (SSSR count). The lowest BCUT2D eigenvalue weighted by Gasteiger charge is -2.32. The van der Waals surface area contributed by atoms with Crippen molar-refractivity contribution in [3.63, 3.8) is 0 Å². The highest BCUT2D eigenvalue weighted by atomic mass is 32.2. The van der Waals surface area contributed by atoms with Crippen molar-refractivity contribution in [2.45, 2.75) is 44.9 Å². The van der Waals surface area contributed by atoms with Gasteiger partial charge in [-0.05, 0) is 35.4 Å². The van der Waals surface area contributed by atoms with Crippen LogP contribution in [0, 0.1) is 0 Å². The Morgan fingerprint density at radius 1 is 1.17 bits per heavy atom. The fourth-order valence-corrected chi connectivity index (χ4v) is 5.06. The number of nitrogens with zero attached hydrogens (tertiary/aromatic N) is 3. The lowest BCUT2D eigenvalue weighted by Crippen LogP contribution is -2.60. The molecular weight excluding hydrogens is 468 g/mol. The van der Waals surface area contributed by atoms with Crippen LogP contribution >= 0.6 is 11.8 Å². The topological polar surface area (TPSA) is 105 Å². The van der Waals surface area contributed by atoms with Crippen molar-refractivity contribution in [2.24, 2.45) is 0 Å². The van der Waals surface area contributed by atoms with Gasteiger partial charge in [0.05, 0.1) is 23.9 Å². The predicted molar refractivity (Wildman–Crippen MR) is 132 cm³/mol. The average molecular weight is 496 g/mol. The van der Waals surface area contributed by atoms with Crippen LogP contribution in [0.1, 0.15) is 45.3 Å². The number of aromatic nitrogens is 3. The molecule has 35 heavy (non-hydrogen) atoms. The molecule has 10 heteroatoms. The number of benzene rings is 2. The monoisotopic (exact) mass is 495 g/mol. The molecule has 2 heterocycles. The average Bonchev–Trinajstić information content (AvgIpc) is 2.83. The van der Waals surface area contributed by atoms with E-state index in [1.807, 2.05) is 0 Å². The number of aromatic amines is 1. The van der Waals surface area contributed by atoms with Crippen LogP contribution in [0.15, 0.2) is 52.4 Å². The maximum atomic E-state index is 13.4. The van der Waals surface area contributed by atoms with Gasteiger partial charge in [-0.3, -0.25) is 19.4 Å². The highest BCUT2D eigenvalue weighted by molar-refractivity contribution is 7.99. The highest BCUT2D eigenvalue weighted by Gasteiger charge is 2.46. The number of carbonyl (C=O) groups is 2. The third-order valence-corrected chi connectivity index (χ3v) is 6.54. The minimum absolute atomic E-state index is 0.166. The quantitative estimate of drug-likeness (QED) is 0.176. The first-order valence-corrected chi connectivity index (χ1v) is 12.3. The van der Waals surface area contributed by atoms with Gasteiger partial charge >= 0.3 is 17.2 Å². The number of H-pyrrole nitrogens is 1. The molecule has 0 saturated heterocycles. The molecule has 9 nitrogen and oxygen atoms in total. The molecule has 1 aromatic heterocycles. The van der Waals surface area contributed by atoms with Crippen molar-refractivity contribution >= 4 is 29.3 Å². The second kappa shape index (κ2) is 10.3. The van der Waals surface area contributed by atoms with E-state index in [1.165, 1.54) is 32.7 Å². The summed E-state index contributed by atoms with van der Waals surface area (Å²) < 4.78 is 12.6. The van der Waals surface area contributed by atoms with Gasteiger partial charge in [-0.2, -0.15) is 0 Å². The summed E-state index contributed by atoms with van der Waals surface area (Å²) in [5, 5.41) is 5.20. The van der Waals surface area contributed by atoms with E-state index in [1.54, 1.807) is 52.0 Å². The molecule has 0 spiro atoms. The minimum Gasteiger partial charge on any atom is -0.493 e. The van der Waals surface area contributed by atoms with E-state index in [2.05, 4.69) is 11.9 Å². The van der Waals surface area contributed by atoms with Crippen LogP contribution in [0.3, 0.4) is 0 Å². The molecule has 2 aromatic carbocycles. The summed E-state index contributed by atoms with van der Waals surface area (Å²) in [4.78, 5) is 42.9. The third kappa shape index (κ3) is 4.66. The normalized spacial score (nSPS) is 14.2. The number of hydrogen-bond donors (Lipinski definition) is 1. The number of ether oxygens (including phenoxy) is 2. The van der Waals surface area contributed by atoms with Crippen molar-refractivity contribution in [3.8, 4) is 22.8 Å². The first kappa shape index (κ1) is 24.5. The molecule has 0 aliphatic carbocycles. The summed E-state index contributed by atoms with van der Waals surface area (Å²) in [5.74, 6) is 0.470. The van der Waals surface area contributed by atoms with E-state index in [9.17, 15) is 14.4 Å². The number of fused-ring (bicyclic) bond motifs is 3. The molecule has 1 aliphatic rings. The molecule has 1 atom stereocenters. The summed E-state index contributed by atoms with van der Waals surface area (Å²) in [6, 6.07) is 12.3. The highest BCUT2D eigenvalue weighted by Crippen LogP contribution is 2.42. The zero-order chi connectivity index (χ0) is 25.1. The number of amides is 1. The molecule has 0 bridgehead atoms. The fraction of sp³-hybridized carbons (Fsp3) is 0.320. The van der Waals surface area contributed by atoms with E-state index in [4.69, 9.17) is 14.6 Å². The van der Waals surface area contributed by atoms with Crippen molar-refractivity contribution in [2.75, 3.05) is 17.8 Å². The maximum absolute atomic E-state index is 13.4. The van der Waals surface area contributed by atoms with Gasteiger partial charge in [-0.15, -0.1) is 0 Å². The Bertz CT molecular complexity index is 1340. The Hall–Kier alpha value is -3.66. The van der Waals surface area contributed by atoms with Gasteiger partial charge in [-0.1, -0.05) is 43.3 Å². The number of anilines is 1. The molecule has 0 radical (unpaired) electrons. The van der Waals surface area contributed by atoms with Crippen LogP contribution in [0.4, 0.5) is 5.69 Å². The van der Waals surface area contributed by atoms with Crippen LogP contribution in [0.5, 0.6) is 11.5 Å². The number of nitrogens with one attached hydrogen (secondary N) is 1. The molecule has 1 N–H and O–H groups in total. The lowest BCUT2D eigenvalue weighted by atomic mass is 10.0. The Kier molecular flexibility index (Phi) is 7.20. The van der Waals surface area contributed by atoms with E-state index >= 15 is 0 Å². The molecule has 1 unspecified atom stereocenters. The number of carbonyl (C=O) groups excluding carboxylic acids is 2. The van der Waals surface area contributed by atoms with Gasteiger partial charge in [0.25, 0.3) is 6.17 Å². The number of para-hydroxylation sites is 2. The van der Waals surface area contributed by atoms with Crippen LogP contribution in [-0.4, -0.2) is 34.8 Å².